The first-order chi connectivity index (χ1) is 11.5. The molecule has 7 nitrogen and oxygen atoms in total. The molecule has 1 amide bonds. The van der Waals surface area contributed by atoms with Crippen LogP contribution in [-0.4, -0.2) is 43.3 Å². The second-order valence-electron chi connectivity index (χ2n) is 6.04. The lowest BCUT2D eigenvalue weighted by Crippen LogP contribution is -2.30. The van der Waals surface area contributed by atoms with E-state index in [0.717, 1.165) is 26.4 Å². The van der Waals surface area contributed by atoms with Gasteiger partial charge in [-0.15, -0.1) is 0 Å². The maximum Gasteiger partial charge on any atom is 0.407 e. The van der Waals surface area contributed by atoms with Crippen LogP contribution in [0.1, 0.15) is 12.5 Å². The predicted octanol–water partition coefficient (Wildman–Crippen LogP) is 2.58. The first-order valence-electron chi connectivity index (χ1n) is 7.60. The minimum absolute atomic E-state index is 0.142. The molecule has 1 aliphatic heterocycles. The summed E-state index contributed by atoms with van der Waals surface area (Å²) in [6, 6.07) is 5.60. The van der Waals surface area contributed by atoms with E-state index in [-0.39, 0.29) is 11.7 Å². The van der Waals surface area contributed by atoms with Crippen LogP contribution in [0.2, 0.25) is 0 Å². The van der Waals surface area contributed by atoms with Crippen LogP contribution in [0, 0.1) is 0 Å². The van der Waals surface area contributed by atoms with Crippen LogP contribution >= 0.6 is 15.9 Å². The van der Waals surface area contributed by atoms with Crippen LogP contribution in [0.5, 0.6) is 0 Å². The Morgan fingerprint density at radius 1 is 1.42 bits per heavy atom. The molecular weight excluding hydrogens is 376 g/mol. The number of aromatic nitrogens is 3. The summed E-state index contributed by atoms with van der Waals surface area (Å²) in [6.07, 6.45) is 1.39. The molecule has 0 spiro atoms. The van der Waals surface area contributed by atoms with E-state index in [1.165, 1.54) is 4.90 Å². The number of hydrogen-bond acceptors (Lipinski definition) is 3. The minimum Gasteiger partial charge on any atom is -0.465 e. The maximum atomic E-state index is 12.8. The lowest BCUT2D eigenvalue weighted by Gasteiger charge is -2.14. The SMILES string of the molecule is Cn1c(=O)n([C@H]2CCN(C(=O)O)C2)c2c3cc(Br)ccc3ncc21. The van der Waals surface area contributed by atoms with Gasteiger partial charge in [0.05, 0.1) is 28.8 Å². The minimum atomic E-state index is -0.944. The molecule has 1 atom stereocenters. The number of fused-ring (bicyclic) bond motifs is 3. The monoisotopic (exact) mass is 390 g/mol. The molecule has 3 aromatic rings. The van der Waals surface area contributed by atoms with Gasteiger partial charge < -0.3 is 10.0 Å². The Hall–Kier alpha value is -2.35. The van der Waals surface area contributed by atoms with Crippen LogP contribution in [0.3, 0.4) is 0 Å². The number of likely N-dealkylation sites (tertiary alicyclic amines) is 1. The van der Waals surface area contributed by atoms with Gasteiger partial charge in [0.2, 0.25) is 0 Å². The molecule has 2 aromatic heterocycles. The maximum absolute atomic E-state index is 12.8. The van der Waals surface area contributed by atoms with Gasteiger partial charge in [0.25, 0.3) is 0 Å². The number of pyridine rings is 1. The van der Waals surface area contributed by atoms with E-state index in [9.17, 15) is 14.7 Å². The molecule has 0 bridgehead atoms. The van der Waals surface area contributed by atoms with Gasteiger partial charge >= 0.3 is 11.8 Å². The van der Waals surface area contributed by atoms with Gasteiger partial charge in [-0.05, 0) is 24.6 Å². The van der Waals surface area contributed by atoms with E-state index in [4.69, 9.17) is 0 Å². The number of carboxylic acid groups (broad SMARTS) is 1. The molecule has 124 valence electrons. The predicted molar refractivity (Wildman–Crippen MR) is 93.4 cm³/mol. The fourth-order valence-electron chi connectivity index (χ4n) is 3.46. The highest BCUT2D eigenvalue weighted by Crippen LogP contribution is 2.30. The third-order valence-electron chi connectivity index (χ3n) is 4.68. The van der Waals surface area contributed by atoms with Crippen molar-refractivity contribution < 1.29 is 9.90 Å². The number of rotatable bonds is 1. The number of aryl methyl sites for hydroxylation is 1. The summed E-state index contributed by atoms with van der Waals surface area (Å²) >= 11 is 3.47. The average molecular weight is 391 g/mol. The van der Waals surface area contributed by atoms with Crippen molar-refractivity contribution in [2.75, 3.05) is 13.1 Å². The van der Waals surface area contributed by atoms with Crippen LogP contribution in [-0.2, 0) is 7.05 Å². The Bertz CT molecular complexity index is 1040. The molecule has 1 saturated heterocycles. The zero-order valence-corrected chi connectivity index (χ0v) is 14.5. The van der Waals surface area contributed by atoms with Gasteiger partial charge in [0.15, 0.2) is 0 Å². The van der Waals surface area contributed by atoms with Gasteiger partial charge in [-0.1, -0.05) is 15.9 Å². The Labute approximate surface area is 145 Å². The molecule has 24 heavy (non-hydrogen) atoms. The summed E-state index contributed by atoms with van der Waals surface area (Å²) in [7, 11) is 1.72. The highest BCUT2D eigenvalue weighted by Gasteiger charge is 2.30. The van der Waals surface area contributed by atoms with Gasteiger partial charge in [0, 0.05) is 30.0 Å². The van der Waals surface area contributed by atoms with Gasteiger partial charge in [-0.25, -0.2) is 9.59 Å². The molecule has 8 heteroatoms. The molecule has 0 saturated carbocycles. The van der Waals surface area contributed by atoms with Crippen molar-refractivity contribution in [3.8, 4) is 0 Å². The zero-order chi connectivity index (χ0) is 17.0. The summed E-state index contributed by atoms with van der Waals surface area (Å²) in [5.41, 5.74) is 2.22. The molecule has 3 heterocycles. The summed E-state index contributed by atoms with van der Waals surface area (Å²) in [5.74, 6) is 0. The average Bonchev–Trinajstić information content (AvgIpc) is 3.12. The third kappa shape index (κ3) is 2.13. The first-order valence-corrected chi connectivity index (χ1v) is 8.39. The molecule has 1 fully saturated rings. The second kappa shape index (κ2) is 5.34. The summed E-state index contributed by atoms with van der Waals surface area (Å²) in [6.45, 7) is 0.766. The Kier molecular flexibility index (Phi) is 3.38. The highest BCUT2D eigenvalue weighted by atomic mass is 79.9. The quantitative estimate of drug-likeness (QED) is 0.692. The number of carbonyl (C=O) groups is 1. The van der Waals surface area contributed by atoms with Crippen LogP contribution in [0.25, 0.3) is 21.9 Å². The van der Waals surface area contributed by atoms with Crippen molar-refractivity contribution in [3.63, 3.8) is 0 Å². The Balaban J connectivity index is 2.01. The van der Waals surface area contributed by atoms with Crippen molar-refractivity contribution in [1.82, 2.24) is 19.0 Å². The van der Waals surface area contributed by atoms with Crippen LogP contribution < -0.4 is 5.69 Å². The van der Waals surface area contributed by atoms with Crippen molar-refractivity contribution in [3.05, 3.63) is 39.4 Å². The smallest absolute Gasteiger partial charge is 0.407 e. The van der Waals surface area contributed by atoms with E-state index in [1.54, 1.807) is 22.4 Å². The van der Waals surface area contributed by atoms with Crippen LogP contribution in [0.4, 0.5) is 4.79 Å². The number of hydrogen-bond donors (Lipinski definition) is 1. The van der Waals surface area contributed by atoms with Crippen molar-refractivity contribution in [2.45, 2.75) is 12.5 Å². The number of benzene rings is 1. The van der Waals surface area contributed by atoms with Crippen molar-refractivity contribution in [1.29, 1.82) is 0 Å². The topological polar surface area (TPSA) is 80.4 Å². The number of imidazole rings is 1. The largest absolute Gasteiger partial charge is 0.465 e. The molecule has 0 radical (unpaired) electrons. The normalized spacial score (nSPS) is 17.9. The highest BCUT2D eigenvalue weighted by molar-refractivity contribution is 9.10. The van der Waals surface area contributed by atoms with Gasteiger partial charge in [0.1, 0.15) is 0 Å². The number of amides is 1. The Morgan fingerprint density at radius 3 is 2.92 bits per heavy atom. The lowest BCUT2D eigenvalue weighted by molar-refractivity contribution is 0.154. The van der Waals surface area contributed by atoms with Crippen molar-refractivity contribution in [2.24, 2.45) is 7.05 Å². The summed E-state index contributed by atoms with van der Waals surface area (Å²) < 4.78 is 4.21. The van der Waals surface area contributed by atoms with E-state index in [0.29, 0.717) is 19.5 Å². The van der Waals surface area contributed by atoms with E-state index in [2.05, 4.69) is 20.9 Å². The number of halogens is 1. The molecule has 0 unspecified atom stereocenters. The molecule has 1 N–H and O–H groups in total. The number of nitrogens with zero attached hydrogens (tertiary/aromatic N) is 4. The summed E-state index contributed by atoms with van der Waals surface area (Å²) in [5, 5.41) is 10.1. The van der Waals surface area contributed by atoms with Crippen molar-refractivity contribution >= 4 is 44.0 Å². The molecule has 1 aliphatic rings. The first kappa shape index (κ1) is 15.2. The lowest BCUT2D eigenvalue weighted by atomic mass is 10.1. The van der Waals surface area contributed by atoms with E-state index >= 15 is 0 Å². The van der Waals surface area contributed by atoms with E-state index in [1.807, 2.05) is 18.2 Å². The molecule has 0 aliphatic carbocycles. The fourth-order valence-corrected chi connectivity index (χ4v) is 3.83. The zero-order valence-electron chi connectivity index (χ0n) is 12.9. The standard InChI is InChI=1S/C16H15BrN4O3/c1-19-13-7-18-12-3-2-9(17)6-11(12)14(13)21(15(19)22)10-4-5-20(8-10)16(23)24/h2-3,6-7,10H,4-5,8H2,1H3,(H,23,24)/t10-/m0/s1. The fraction of sp³-hybridized carbons (Fsp3) is 0.312. The third-order valence-corrected chi connectivity index (χ3v) is 5.17. The molecular formula is C16H15BrN4O3. The summed E-state index contributed by atoms with van der Waals surface area (Å²) in [4.78, 5) is 29.8. The van der Waals surface area contributed by atoms with Crippen LogP contribution in [0.15, 0.2) is 33.7 Å². The molecule has 1 aromatic carbocycles. The van der Waals surface area contributed by atoms with Gasteiger partial charge in [-0.3, -0.25) is 14.1 Å². The van der Waals surface area contributed by atoms with Gasteiger partial charge in [-0.2, -0.15) is 0 Å². The second-order valence-corrected chi connectivity index (χ2v) is 6.95. The Morgan fingerprint density at radius 2 is 2.21 bits per heavy atom. The molecule has 4 rings (SSSR count). The van der Waals surface area contributed by atoms with E-state index < -0.39 is 6.09 Å².